The van der Waals surface area contributed by atoms with Gasteiger partial charge < -0.3 is 4.42 Å². The topological polar surface area (TPSA) is 56.7 Å². The maximum Gasteiger partial charge on any atom is 0.238 e. The molecule has 4 heterocycles. The third kappa shape index (κ3) is 2.89. The Morgan fingerprint density at radius 1 is 0.550 bits per heavy atom. The highest BCUT2D eigenvalue weighted by Gasteiger charge is 2.22. The second-order valence-electron chi connectivity index (χ2n) is 10.1. The summed E-state index contributed by atoms with van der Waals surface area (Å²) in [6.07, 6.45) is 3.62. The van der Waals surface area contributed by atoms with E-state index in [4.69, 9.17) is 14.4 Å². The molecule has 0 atom stereocenters. The minimum Gasteiger partial charge on any atom is -0.437 e. The number of rotatable bonds is 2. The van der Waals surface area contributed by atoms with E-state index >= 15 is 0 Å². The van der Waals surface area contributed by atoms with E-state index < -0.39 is 0 Å². The van der Waals surface area contributed by atoms with Crippen LogP contribution in [0.2, 0.25) is 0 Å². The first-order valence-corrected chi connectivity index (χ1v) is 13.3. The highest BCUT2D eigenvalue weighted by molar-refractivity contribution is 6.28. The van der Waals surface area contributed by atoms with Crippen LogP contribution in [0.5, 0.6) is 0 Å². The number of para-hydroxylation sites is 1. The summed E-state index contributed by atoms with van der Waals surface area (Å²) in [5, 5.41) is 9.08. The summed E-state index contributed by atoms with van der Waals surface area (Å²) in [5.74, 6) is 0.566. The Labute approximate surface area is 228 Å². The van der Waals surface area contributed by atoms with Gasteiger partial charge in [-0.2, -0.15) is 4.98 Å². The number of pyridine rings is 1. The Balaban J connectivity index is 1.49. The SMILES string of the molecule is c1cncc(-c2nc(-n3c4ccc5ccccc5c4c4c5ccccc5ccc43)nc3oc4ccccc4c23)c1. The zero-order valence-electron chi connectivity index (χ0n) is 21.2. The minimum absolute atomic E-state index is 0.557. The van der Waals surface area contributed by atoms with Gasteiger partial charge in [-0.05, 0) is 51.9 Å². The van der Waals surface area contributed by atoms with Crippen LogP contribution in [0, 0.1) is 0 Å². The summed E-state index contributed by atoms with van der Waals surface area (Å²) in [5.41, 5.74) is 5.17. The molecule has 9 aromatic rings. The molecule has 0 aliphatic heterocycles. The Morgan fingerprint density at radius 3 is 1.88 bits per heavy atom. The molecule has 0 N–H and O–H groups in total. The summed E-state index contributed by atoms with van der Waals surface area (Å²) in [4.78, 5) is 14.7. The molecule has 0 bridgehead atoms. The van der Waals surface area contributed by atoms with E-state index in [9.17, 15) is 0 Å². The predicted molar refractivity (Wildman–Crippen MR) is 162 cm³/mol. The fourth-order valence-electron chi connectivity index (χ4n) is 6.19. The molecule has 0 saturated heterocycles. The van der Waals surface area contributed by atoms with Gasteiger partial charge in [0.2, 0.25) is 11.7 Å². The van der Waals surface area contributed by atoms with Crippen molar-refractivity contribution >= 4 is 65.4 Å². The summed E-state index contributed by atoms with van der Waals surface area (Å²) in [6.45, 7) is 0. The van der Waals surface area contributed by atoms with Gasteiger partial charge in [-0.1, -0.05) is 78.9 Å². The van der Waals surface area contributed by atoms with Crippen molar-refractivity contribution in [2.24, 2.45) is 0 Å². The molecular formula is C35H20N4O. The number of aromatic nitrogens is 4. The van der Waals surface area contributed by atoms with Gasteiger partial charge in [0.1, 0.15) is 5.58 Å². The van der Waals surface area contributed by atoms with E-state index in [1.807, 2.05) is 36.5 Å². The second-order valence-corrected chi connectivity index (χ2v) is 10.1. The number of hydrogen-bond donors (Lipinski definition) is 0. The molecule has 0 aliphatic rings. The zero-order chi connectivity index (χ0) is 26.2. The van der Waals surface area contributed by atoms with Crippen molar-refractivity contribution in [3.05, 3.63) is 122 Å². The van der Waals surface area contributed by atoms with Gasteiger partial charge >= 0.3 is 0 Å². The van der Waals surface area contributed by atoms with Crippen LogP contribution in [0.3, 0.4) is 0 Å². The predicted octanol–water partition coefficient (Wildman–Crippen LogP) is 8.84. The third-order valence-electron chi connectivity index (χ3n) is 7.91. The Kier molecular flexibility index (Phi) is 4.27. The molecule has 0 aliphatic carbocycles. The van der Waals surface area contributed by atoms with Crippen molar-refractivity contribution in [1.29, 1.82) is 0 Å². The van der Waals surface area contributed by atoms with Gasteiger partial charge in [-0.15, -0.1) is 0 Å². The first-order chi connectivity index (χ1) is 19.8. The second kappa shape index (κ2) is 7.98. The lowest BCUT2D eigenvalue weighted by molar-refractivity contribution is 0.651. The molecule has 5 aromatic carbocycles. The quantitative estimate of drug-likeness (QED) is 0.232. The fraction of sp³-hybridized carbons (Fsp3) is 0. The smallest absolute Gasteiger partial charge is 0.238 e. The van der Waals surface area contributed by atoms with Crippen LogP contribution in [0.25, 0.3) is 82.6 Å². The highest BCUT2D eigenvalue weighted by Crippen LogP contribution is 2.41. The molecule has 0 radical (unpaired) electrons. The summed E-state index contributed by atoms with van der Waals surface area (Å²) in [7, 11) is 0. The van der Waals surface area contributed by atoms with Gasteiger partial charge in [0.15, 0.2) is 0 Å². The standard InChI is InChI=1S/C35H20N4O/c1-3-11-24-21(8-1)15-17-27-30(24)31-25-12-4-2-9-22(25)16-18-28(31)39(27)35-37-33(23-10-7-19-36-20-23)32-26-13-5-6-14-29(26)40-34(32)38-35/h1-20H. The van der Waals surface area contributed by atoms with Crippen molar-refractivity contribution < 1.29 is 4.42 Å². The molecular weight excluding hydrogens is 492 g/mol. The van der Waals surface area contributed by atoms with Crippen molar-refractivity contribution in [2.45, 2.75) is 0 Å². The van der Waals surface area contributed by atoms with E-state index in [0.717, 1.165) is 38.6 Å². The van der Waals surface area contributed by atoms with Gasteiger partial charge in [-0.3, -0.25) is 9.55 Å². The largest absolute Gasteiger partial charge is 0.437 e. The van der Waals surface area contributed by atoms with Crippen LogP contribution in [-0.4, -0.2) is 19.5 Å². The van der Waals surface area contributed by atoms with Crippen LogP contribution >= 0.6 is 0 Å². The molecule has 5 heteroatoms. The minimum atomic E-state index is 0.557. The van der Waals surface area contributed by atoms with E-state index in [-0.39, 0.29) is 0 Å². The van der Waals surface area contributed by atoms with Crippen LogP contribution in [-0.2, 0) is 0 Å². The molecule has 0 saturated carbocycles. The molecule has 0 unspecified atom stereocenters. The van der Waals surface area contributed by atoms with Crippen LogP contribution in [0.1, 0.15) is 0 Å². The Bertz CT molecular complexity index is 2340. The number of furan rings is 1. The summed E-state index contributed by atoms with van der Waals surface area (Å²) >= 11 is 0. The zero-order valence-corrected chi connectivity index (χ0v) is 21.2. The van der Waals surface area contributed by atoms with Crippen LogP contribution in [0.15, 0.2) is 126 Å². The van der Waals surface area contributed by atoms with Gasteiger partial charge in [0, 0.05) is 34.1 Å². The summed E-state index contributed by atoms with van der Waals surface area (Å²) in [6, 6.07) is 37.8. The van der Waals surface area contributed by atoms with Gasteiger partial charge in [0.25, 0.3) is 0 Å². The molecule has 0 amide bonds. The maximum absolute atomic E-state index is 6.33. The van der Waals surface area contributed by atoms with Gasteiger partial charge in [-0.25, -0.2) is 4.98 Å². The average Bonchev–Trinajstić information content (AvgIpc) is 3.57. The first-order valence-electron chi connectivity index (χ1n) is 13.3. The number of benzene rings is 5. The fourth-order valence-corrected chi connectivity index (χ4v) is 6.19. The summed E-state index contributed by atoms with van der Waals surface area (Å²) < 4.78 is 8.51. The van der Waals surface area contributed by atoms with Crippen LogP contribution in [0.4, 0.5) is 0 Å². The van der Waals surface area contributed by atoms with Crippen molar-refractivity contribution in [3.63, 3.8) is 0 Å². The maximum atomic E-state index is 6.33. The van der Waals surface area contributed by atoms with E-state index in [1.54, 1.807) is 6.20 Å². The number of hydrogen-bond acceptors (Lipinski definition) is 4. The van der Waals surface area contributed by atoms with Crippen molar-refractivity contribution in [1.82, 2.24) is 19.5 Å². The van der Waals surface area contributed by atoms with E-state index in [2.05, 4.69) is 88.4 Å². The Morgan fingerprint density at radius 2 is 1.20 bits per heavy atom. The molecule has 4 aromatic heterocycles. The highest BCUT2D eigenvalue weighted by atomic mass is 16.3. The Hall–Kier alpha value is -5.55. The number of fused-ring (bicyclic) bond motifs is 10. The molecule has 9 rings (SSSR count). The van der Waals surface area contributed by atoms with E-state index in [1.165, 1.54) is 32.3 Å². The average molecular weight is 513 g/mol. The molecule has 40 heavy (non-hydrogen) atoms. The number of nitrogens with zero attached hydrogens (tertiary/aromatic N) is 4. The molecule has 0 fully saturated rings. The molecule has 5 nitrogen and oxygen atoms in total. The lowest BCUT2D eigenvalue weighted by atomic mass is 10.00. The van der Waals surface area contributed by atoms with Crippen molar-refractivity contribution in [3.8, 4) is 17.2 Å². The molecule has 0 spiro atoms. The van der Waals surface area contributed by atoms with Crippen molar-refractivity contribution in [2.75, 3.05) is 0 Å². The monoisotopic (exact) mass is 512 g/mol. The first kappa shape index (κ1) is 21.4. The lowest BCUT2D eigenvalue weighted by Gasteiger charge is -2.10. The van der Waals surface area contributed by atoms with Crippen LogP contribution < -0.4 is 0 Å². The van der Waals surface area contributed by atoms with Gasteiger partial charge in [0.05, 0.1) is 22.1 Å². The normalized spacial score (nSPS) is 12.0. The third-order valence-corrected chi connectivity index (χ3v) is 7.91. The lowest BCUT2D eigenvalue weighted by Crippen LogP contribution is -2.03. The van der Waals surface area contributed by atoms with E-state index in [0.29, 0.717) is 11.7 Å². The molecule has 186 valence electrons.